The topological polar surface area (TPSA) is 53.2 Å². The summed E-state index contributed by atoms with van der Waals surface area (Å²) in [5.41, 5.74) is 11.5. The Balaban J connectivity index is 1.78. The molecule has 1 aromatic rings. The van der Waals surface area contributed by atoms with Crippen LogP contribution in [0.25, 0.3) is 0 Å². The van der Waals surface area contributed by atoms with Crippen molar-refractivity contribution in [2.75, 3.05) is 11.9 Å². The number of allylic oxidation sites excluding steroid dienone is 2. The van der Waals surface area contributed by atoms with E-state index in [-0.39, 0.29) is 12.5 Å². The van der Waals surface area contributed by atoms with Crippen molar-refractivity contribution in [1.82, 2.24) is 10.9 Å². The SMILES string of the molecule is CC(NNC(=O)CNc1ccc(C)cc1C)=C1CC1. The van der Waals surface area contributed by atoms with Crippen molar-refractivity contribution in [1.29, 1.82) is 0 Å². The van der Waals surface area contributed by atoms with E-state index in [9.17, 15) is 4.79 Å². The van der Waals surface area contributed by atoms with E-state index >= 15 is 0 Å². The molecule has 0 saturated heterocycles. The van der Waals surface area contributed by atoms with Crippen LogP contribution in [0.3, 0.4) is 0 Å². The normalized spacial score (nSPS) is 12.9. The fraction of sp³-hybridized carbons (Fsp3) is 0.400. The molecule has 1 fully saturated rings. The molecule has 1 aliphatic rings. The maximum absolute atomic E-state index is 11.7. The second kappa shape index (κ2) is 5.78. The first-order chi connectivity index (χ1) is 9.06. The lowest BCUT2D eigenvalue weighted by Crippen LogP contribution is -2.39. The Morgan fingerprint density at radius 2 is 1.95 bits per heavy atom. The summed E-state index contributed by atoms with van der Waals surface area (Å²) in [5.74, 6) is -0.0689. The molecule has 1 aliphatic carbocycles. The minimum Gasteiger partial charge on any atom is -0.376 e. The Morgan fingerprint density at radius 3 is 2.58 bits per heavy atom. The summed E-state index contributed by atoms with van der Waals surface area (Å²) in [6.45, 7) is 6.34. The number of benzene rings is 1. The fourth-order valence-electron chi connectivity index (χ4n) is 1.92. The lowest BCUT2D eigenvalue weighted by Gasteiger charge is -2.12. The number of hydrazine groups is 1. The van der Waals surface area contributed by atoms with Crippen LogP contribution in [-0.4, -0.2) is 12.5 Å². The Morgan fingerprint density at radius 1 is 1.21 bits per heavy atom. The number of aryl methyl sites for hydroxylation is 2. The zero-order valence-electron chi connectivity index (χ0n) is 11.8. The summed E-state index contributed by atoms with van der Waals surface area (Å²) in [6, 6.07) is 6.14. The molecule has 1 amide bonds. The van der Waals surface area contributed by atoms with E-state index in [1.54, 1.807) is 0 Å². The highest BCUT2D eigenvalue weighted by atomic mass is 16.2. The predicted molar refractivity (Wildman–Crippen MR) is 77.6 cm³/mol. The first kappa shape index (κ1) is 13.5. The minimum absolute atomic E-state index is 0.0689. The van der Waals surface area contributed by atoms with Gasteiger partial charge in [-0.1, -0.05) is 17.7 Å². The molecule has 0 heterocycles. The summed E-state index contributed by atoms with van der Waals surface area (Å²) in [4.78, 5) is 11.7. The predicted octanol–water partition coefficient (Wildman–Crippen LogP) is 2.40. The molecule has 1 saturated carbocycles. The summed E-state index contributed by atoms with van der Waals surface area (Å²) in [7, 11) is 0. The van der Waals surface area contributed by atoms with Crippen molar-refractivity contribution >= 4 is 11.6 Å². The first-order valence-electron chi connectivity index (χ1n) is 6.61. The monoisotopic (exact) mass is 259 g/mol. The van der Waals surface area contributed by atoms with Gasteiger partial charge in [-0.25, -0.2) is 0 Å². The van der Waals surface area contributed by atoms with Crippen LogP contribution in [0.4, 0.5) is 5.69 Å². The molecule has 0 bridgehead atoms. The van der Waals surface area contributed by atoms with E-state index in [2.05, 4.69) is 29.2 Å². The average Bonchev–Trinajstić information content (AvgIpc) is 3.19. The van der Waals surface area contributed by atoms with Gasteiger partial charge < -0.3 is 10.7 Å². The van der Waals surface area contributed by atoms with Crippen LogP contribution in [0.1, 0.15) is 30.9 Å². The quantitative estimate of drug-likeness (QED) is 0.712. The molecule has 0 aliphatic heterocycles. The number of rotatable bonds is 5. The Labute approximate surface area is 114 Å². The molecule has 0 radical (unpaired) electrons. The minimum atomic E-state index is -0.0689. The van der Waals surface area contributed by atoms with Crippen LogP contribution in [0.5, 0.6) is 0 Å². The van der Waals surface area contributed by atoms with Gasteiger partial charge in [0.25, 0.3) is 5.91 Å². The van der Waals surface area contributed by atoms with Crippen LogP contribution in [0, 0.1) is 13.8 Å². The van der Waals surface area contributed by atoms with Crippen molar-refractivity contribution in [2.45, 2.75) is 33.6 Å². The highest BCUT2D eigenvalue weighted by Gasteiger charge is 2.14. The number of anilines is 1. The summed E-state index contributed by atoms with van der Waals surface area (Å²) >= 11 is 0. The van der Waals surface area contributed by atoms with Crippen LogP contribution in [0.2, 0.25) is 0 Å². The van der Waals surface area contributed by atoms with Gasteiger partial charge in [0.05, 0.1) is 6.54 Å². The van der Waals surface area contributed by atoms with Gasteiger partial charge in [-0.05, 0) is 50.8 Å². The zero-order valence-corrected chi connectivity index (χ0v) is 11.8. The molecule has 1 aromatic carbocycles. The van der Waals surface area contributed by atoms with E-state index in [0.717, 1.165) is 29.8 Å². The molecule has 19 heavy (non-hydrogen) atoms. The van der Waals surface area contributed by atoms with Gasteiger partial charge in [-0.15, -0.1) is 0 Å². The van der Waals surface area contributed by atoms with Crippen molar-refractivity contribution in [3.63, 3.8) is 0 Å². The molecular formula is C15H21N3O. The average molecular weight is 259 g/mol. The molecular weight excluding hydrogens is 238 g/mol. The van der Waals surface area contributed by atoms with Crippen molar-refractivity contribution in [3.05, 3.63) is 40.6 Å². The summed E-state index contributed by atoms with van der Waals surface area (Å²) in [5, 5.41) is 3.14. The van der Waals surface area contributed by atoms with Gasteiger partial charge in [0.15, 0.2) is 0 Å². The molecule has 3 N–H and O–H groups in total. The second-order valence-corrected chi connectivity index (χ2v) is 5.07. The largest absolute Gasteiger partial charge is 0.376 e. The summed E-state index contributed by atoms with van der Waals surface area (Å²) in [6.07, 6.45) is 2.30. The van der Waals surface area contributed by atoms with E-state index in [0.29, 0.717) is 0 Å². The lowest BCUT2D eigenvalue weighted by atomic mass is 10.1. The molecule has 4 heteroatoms. The van der Waals surface area contributed by atoms with E-state index in [1.165, 1.54) is 11.1 Å². The smallest absolute Gasteiger partial charge is 0.257 e. The highest BCUT2D eigenvalue weighted by Crippen LogP contribution is 2.29. The number of amides is 1. The fourth-order valence-corrected chi connectivity index (χ4v) is 1.92. The lowest BCUT2D eigenvalue weighted by molar-refractivity contribution is -0.120. The Bertz CT molecular complexity index is 514. The standard InChI is InChI=1S/C15H21N3O/c1-10-4-7-14(11(2)8-10)16-9-15(19)18-17-12(3)13-5-6-13/h4,7-8,16-17H,5-6,9H2,1-3H3,(H,18,19). The van der Waals surface area contributed by atoms with Crippen molar-refractivity contribution < 1.29 is 4.79 Å². The summed E-state index contributed by atoms with van der Waals surface area (Å²) < 4.78 is 0. The maximum atomic E-state index is 11.7. The van der Waals surface area contributed by atoms with E-state index in [4.69, 9.17) is 0 Å². The third kappa shape index (κ3) is 4.02. The molecule has 2 rings (SSSR count). The Kier molecular flexibility index (Phi) is 4.10. The molecule has 4 nitrogen and oxygen atoms in total. The first-order valence-corrected chi connectivity index (χ1v) is 6.61. The molecule has 0 aromatic heterocycles. The van der Waals surface area contributed by atoms with Crippen LogP contribution in [-0.2, 0) is 4.79 Å². The number of nitrogens with one attached hydrogen (secondary N) is 3. The zero-order chi connectivity index (χ0) is 13.8. The van der Waals surface area contributed by atoms with Gasteiger partial charge in [0.2, 0.25) is 0 Å². The second-order valence-electron chi connectivity index (χ2n) is 5.07. The number of hydrogen-bond acceptors (Lipinski definition) is 3. The van der Waals surface area contributed by atoms with Crippen LogP contribution >= 0.6 is 0 Å². The van der Waals surface area contributed by atoms with Gasteiger partial charge in [-0.2, -0.15) is 0 Å². The van der Waals surface area contributed by atoms with Gasteiger partial charge in [0.1, 0.15) is 0 Å². The number of carbonyl (C=O) groups excluding carboxylic acids is 1. The molecule has 0 atom stereocenters. The third-order valence-electron chi connectivity index (χ3n) is 3.24. The molecule has 102 valence electrons. The van der Waals surface area contributed by atoms with Gasteiger partial charge in [-0.3, -0.25) is 10.2 Å². The third-order valence-corrected chi connectivity index (χ3v) is 3.24. The number of hydrogen-bond donors (Lipinski definition) is 3. The Hall–Kier alpha value is -1.97. The number of carbonyl (C=O) groups is 1. The molecule has 0 spiro atoms. The van der Waals surface area contributed by atoms with Gasteiger partial charge in [0, 0.05) is 11.4 Å². The maximum Gasteiger partial charge on any atom is 0.257 e. The van der Waals surface area contributed by atoms with Crippen LogP contribution < -0.4 is 16.2 Å². The van der Waals surface area contributed by atoms with E-state index < -0.39 is 0 Å². The van der Waals surface area contributed by atoms with Crippen molar-refractivity contribution in [3.8, 4) is 0 Å². The van der Waals surface area contributed by atoms with Crippen molar-refractivity contribution in [2.24, 2.45) is 0 Å². The van der Waals surface area contributed by atoms with Gasteiger partial charge >= 0.3 is 0 Å². The van der Waals surface area contributed by atoms with Crippen LogP contribution in [0.15, 0.2) is 29.5 Å². The molecule has 0 unspecified atom stereocenters. The van der Waals surface area contributed by atoms with E-state index in [1.807, 2.05) is 26.0 Å². The highest BCUT2D eigenvalue weighted by molar-refractivity contribution is 5.80.